The van der Waals surface area contributed by atoms with E-state index in [9.17, 15) is 5.11 Å². The van der Waals surface area contributed by atoms with Crippen LogP contribution in [0.3, 0.4) is 0 Å². The van der Waals surface area contributed by atoms with Gasteiger partial charge in [0.25, 0.3) is 0 Å². The molecular formula is C17H31NO. The van der Waals surface area contributed by atoms with Gasteiger partial charge in [-0.15, -0.1) is 0 Å². The molecule has 0 aromatic heterocycles. The highest BCUT2D eigenvalue weighted by atomic mass is 16.3. The van der Waals surface area contributed by atoms with Crippen molar-refractivity contribution in [1.29, 1.82) is 0 Å². The summed E-state index contributed by atoms with van der Waals surface area (Å²) in [6, 6.07) is 0.475. The van der Waals surface area contributed by atoms with Gasteiger partial charge in [-0.25, -0.2) is 0 Å². The van der Waals surface area contributed by atoms with Crippen LogP contribution in [0.15, 0.2) is 0 Å². The molecule has 2 nitrogen and oxygen atoms in total. The molecule has 0 amide bonds. The Labute approximate surface area is 118 Å². The molecule has 3 fully saturated rings. The Morgan fingerprint density at radius 2 is 1.37 bits per heavy atom. The van der Waals surface area contributed by atoms with E-state index in [-0.39, 0.29) is 6.10 Å². The molecule has 0 aromatic rings. The Kier molecular flexibility index (Phi) is 4.48. The third-order valence-electron chi connectivity index (χ3n) is 6.19. The highest BCUT2D eigenvalue weighted by molar-refractivity contribution is 4.92. The fraction of sp³-hybridized carbons (Fsp3) is 1.00. The molecule has 2 aliphatic carbocycles. The number of rotatable bonds is 1. The average Bonchev–Trinajstić information content (AvgIpc) is 2.66. The standard InChI is InChI=1S/C17H31NO/c19-16-8-4-1-3-7-15(16)18-13-11-17(12-14-18)9-5-2-6-10-17/h15-16,19H,1-14H2. The van der Waals surface area contributed by atoms with Crippen molar-refractivity contribution in [1.82, 2.24) is 4.90 Å². The van der Waals surface area contributed by atoms with Crippen molar-refractivity contribution in [2.24, 2.45) is 5.41 Å². The van der Waals surface area contributed by atoms with E-state index < -0.39 is 0 Å². The van der Waals surface area contributed by atoms with Crippen LogP contribution in [0.5, 0.6) is 0 Å². The van der Waals surface area contributed by atoms with E-state index in [1.807, 2.05) is 0 Å². The lowest BCUT2D eigenvalue weighted by atomic mass is 9.68. The van der Waals surface area contributed by atoms with Crippen LogP contribution >= 0.6 is 0 Å². The van der Waals surface area contributed by atoms with Gasteiger partial charge in [0.15, 0.2) is 0 Å². The van der Waals surface area contributed by atoms with E-state index in [0.29, 0.717) is 11.5 Å². The molecule has 2 atom stereocenters. The summed E-state index contributed by atoms with van der Waals surface area (Å²) in [6.45, 7) is 2.50. The molecule has 0 aromatic carbocycles. The Balaban J connectivity index is 1.56. The molecule has 2 saturated carbocycles. The van der Waals surface area contributed by atoms with Gasteiger partial charge < -0.3 is 5.11 Å². The molecule has 3 rings (SSSR count). The highest BCUT2D eigenvalue weighted by Gasteiger charge is 2.38. The maximum Gasteiger partial charge on any atom is 0.0695 e. The lowest BCUT2D eigenvalue weighted by molar-refractivity contribution is -0.00568. The first-order chi connectivity index (χ1) is 9.29. The molecule has 0 radical (unpaired) electrons. The van der Waals surface area contributed by atoms with Crippen molar-refractivity contribution >= 4 is 0 Å². The Bertz CT molecular complexity index is 275. The fourth-order valence-corrected chi connectivity index (χ4v) is 4.83. The number of hydrogen-bond donors (Lipinski definition) is 1. The molecule has 1 N–H and O–H groups in total. The monoisotopic (exact) mass is 265 g/mol. The van der Waals surface area contributed by atoms with Crippen LogP contribution in [0.25, 0.3) is 0 Å². The molecule has 19 heavy (non-hydrogen) atoms. The smallest absolute Gasteiger partial charge is 0.0695 e. The summed E-state index contributed by atoms with van der Waals surface area (Å²) < 4.78 is 0. The molecule has 110 valence electrons. The molecule has 1 aliphatic heterocycles. The van der Waals surface area contributed by atoms with Crippen molar-refractivity contribution in [3.05, 3.63) is 0 Å². The molecular weight excluding hydrogens is 234 g/mol. The van der Waals surface area contributed by atoms with Crippen molar-refractivity contribution in [2.75, 3.05) is 13.1 Å². The summed E-state index contributed by atoms with van der Waals surface area (Å²) in [7, 11) is 0. The molecule has 0 bridgehead atoms. The van der Waals surface area contributed by atoms with E-state index >= 15 is 0 Å². The fourth-order valence-electron chi connectivity index (χ4n) is 4.83. The van der Waals surface area contributed by atoms with Crippen LogP contribution in [0.1, 0.15) is 77.0 Å². The second-order valence-electron chi connectivity index (χ2n) is 7.37. The summed E-state index contributed by atoms with van der Waals surface area (Å²) in [4.78, 5) is 2.63. The largest absolute Gasteiger partial charge is 0.391 e. The number of aliphatic hydroxyl groups is 1. The SMILES string of the molecule is OC1CCCCCC1N1CCC2(CCCCC2)CC1. The van der Waals surface area contributed by atoms with Gasteiger partial charge in [0.2, 0.25) is 0 Å². The molecule has 1 spiro atoms. The van der Waals surface area contributed by atoms with Gasteiger partial charge in [-0.05, 0) is 57.0 Å². The van der Waals surface area contributed by atoms with E-state index in [4.69, 9.17) is 0 Å². The second-order valence-corrected chi connectivity index (χ2v) is 7.37. The van der Waals surface area contributed by atoms with Gasteiger partial charge in [-0.3, -0.25) is 4.90 Å². The molecule has 3 aliphatic rings. The molecule has 1 saturated heterocycles. The number of piperidine rings is 1. The van der Waals surface area contributed by atoms with E-state index in [0.717, 1.165) is 6.42 Å². The minimum Gasteiger partial charge on any atom is -0.391 e. The van der Waals surface area contributed by atoms with Crippen LogP contribution in [0.4, 0.5) is 0 Å². The van der Waals surface area contributed by atoms with Crippen molar-refractivity contribution in [3.63, 3.8) is 0 Å². The van der Waals surface area contributed by atoms with E-state index in [1.165, 1.54) is 83.7 Å². The summed E-state index contributed by atoms with van der Waals surface area (Å²) in [5.74, 6) is 0. The minimum atomic E-state index is -0.0529. The van der Waals surface area contributed by atoms with Crippen LogP contribution in [-0.4, -0.2) is 35.2 Å². The van der Waals surface area contributed by atoms with E-state index in [1.54, 1.807) is 0 Å². The van der Waals surface area contributed by atoms with Gasteiger partial charge in [-0.2, -0.15) is 0 Å². The van der Waals surface area contributed by atoms with Gasteiger partial charge >= 0.3 is 0 Å². The Morgan fingerprint density at radius 1 is 0.737 bits per heavy atom. The van der Waals surface area contributed by atoms with Gasteiger partial charge in [0.1, 0.15) is 0 Å². The van der Waals surface area contributed by atoms with Gasteiger partial charge in [-0.1, -0.05) is 38.5 Å². The summed E-state index contributed by atoms with van der Waals surface area (Å²) >= 11 is 0. The summed E-state index contributed by atoms with van der Waals surface area (Å²) in [5.41, 5.74) is 0.699. The predicted octanol–water partition coefficient (Wildman–Crippen LogP) is 3.73. The number of hydrogen-bond acceptors (Lipinski definition) is 2. The van der Waals surface area contributed by atoms with Crippen LogP contribution in [0, 0.1) is 5.41 Å². The first kappa shape index (κ1) is 13.9. The average molecular weight is 265 g/mol. The lowest BCUT2D eigenvalue weighted by Gasteiger charge is -2.47. The van der Waals surface area contributed by atoms with Crippen molar-refractivity contribution in [3.8, 4) is 0 Å². The van der Waals surface area contributed by atoms with Gasteiger partial charge in [0, 0.05) is 6.04 Å². The second kappa shape index (κ2) is 6.13. The van der Waals surface area contributed by atoms with Crippen molar-refractivity contribution in [2.45, 2.75) is 89.2 Å². The van der Waals surface area contributed by atoms with Crippen LogP contribution in [0.2, 0.25) is 0 Å². The molecule has 2 unspecified atom stereocenters. The van der Waals surface area contributed by atoms with Gasteiger partial charge in [0.05, 0.1) is 6.10 Å². The maximum atomic E-state index is 10.4. The minimum absolute atomic E-state index is 0.0529. The third kappa shape index (κ3) is 3.16. The topological polar surface area (TPSA) is 23.5 Å². The number of aliphatic hydroxyl groups excluding tert-OH is 1. The molecule has 2 heteroatoms. The Morgan fingerprint density at radius 3 is 2.11 bits per heavy atom. The number of nitrogens with zero attached hydrogens (tertiary/aromatic N) is 1. The normalized spacial score (nSPS) is 37.1. The first-order valence-corrected chi connectivity index (χ1v) is 8.71. The predicted molar refractivity (Wildman–Crippen MR) is 79.2 cm³/mol. The third-order valence-corrected chi connectivity index (χ3v) is 6.19. The van der Waals surface area contributed by atoms with E-state index in [2.05, 4.69) is 4.90 Å². The van der Waals surface area contributed by atoms with Crippen LogP contribution < -0.4 is 0 Å². The Hall–Kier alpha value is -0.0800. The highest BCUT2D eigenvalue weighted by Crippen LogP contribution is 2.45. The molecule has 1 heterocycles. The zero-order valence-electron chi connectivity index (χ0n) is 12.4. The zero-order valence-corrected chi connectivity index (χ0v) is 12.4. The van der Waals surface area contributed by atoms with Crippen LogP contribution in [-0.2, 0) is 0 Å². The summed E-state index contributed by atoms with van der Waals surface area (Å²) in [6.07, 6.45) is 16.2. The zero-order chi connectivity index (χ0) is 13.1. The number of likely N-dealkylation sites (tertiary alicyclic amines) is 1. The lowest BCUT2D eigenvalue weighted by Crippen LogP contribution is -2.49. The quantitative estimate of drug-likeness (QED) is 0.730. The first-order valence-electron chi connectivity index (χ1n) is 8.71. The summed E-state index contributed by atoms with van der Waals surface area (Å²) in [5, 5.41) is 10.4. The maximum absolute atomic E-state index is 10.4. The van der Waals surface area contributed by atoms with Crippen molar-refractivity contribution < 1.29 is 5.11 Å².